The van der Waals surface area contributed by atoms with Crippen LogP contribution in [0, 0.1) is 0 Å². The smallest absolute Gasteiger partial charge is 0.293 e. The van der Waals surface area contributed by atoms with Crippen LogP contribution in [0.3, 0.4) is 0 Å². The van der Waals surface area contributed by atoms with E-state index in [1.807, 2.05) is 0 Å². The standard InChI is InChI=1S/C5H5NO3/c7-4-8-2-5-1-6-3-9-5/h1,3-4H,2H2. The van der Waals surface area contributed by atoms with E-state index < -0.39 is 0 Å². The third-order valence-electron chi connectivity index (χ3n) is 0.777. The van der Waals surface area contributed by atoms with Crippen LogP contribution in [0.15, 0.2) is 17.0 Å². The topological polar surface area (TPSA) is 52.3 Å². The molecule has 0 amide bonds. The average Bonchev–Trinajstić information content (AvgIpc) is 2.34. The van der Waals surface area contributed by atoms with Gasteiger partial charge in [-0.2, -0.15) is 0 Å². The van der Waals surface area contributed by atoms with Gasteiger partial charge in [0.1, 0.15) is 0 Å². The number of rotatable bonds is 3. The lowest BCUT2D eigenvalue weighted by Crippen LogP contribution is -1.86. The molecule has 48 valence electrons. The van der Waals surface area contributed by atoms with Crippen LogP contribution in [-0.4, -0.2) is 11.5 Å². The predicted octanol–water partition coefficient (Wildman–Crippen LogP) is 0.348. The first kappa shape index (κ1) is 5.81. The van der Waals surface area contributed by atoms with Crippen molar-refractivity contribution in [2.75, 3.05) is 0 Å². The first-order valence-electron chi connectivity index (χ1n) is 2.36. The van der Waals surface area contributed by atoms with E-state index in [1.54, 1.807) is 0 Å². The fourth-order valence-electron chi connectivity index (χ4n) is 0.430. The Balaban J connectivity index is 2.38. The molecule has 9 heavy (non-hydrogen) atoms. The number of nitrogens with zero attached hydrogens (tertiary/aromatic N) is 1. The predicted molar refractivity (Wildman–Crippen MR) is 27.4 cm³/mol. The molecule has 0 aromatic carbocycles. The van der Waals surface area contributed by atoms with E-state index in [0.717, 1.165) is 0 Å². The normalized spacial score (nSPS) is 8.89. The van der Waals surface area contributed by atoms with Crippen molar-refractivity contribution >= 4 is 6.47 Å². The van der Waals surface area contributed by atoms with Crippen LogP contribution >= 0.6 is 0 Å². The molecule has 4 heteroatoms. The highest BCUT2D eigenvalue weighted by Crippen LogP contribution is 1.96. The molecule has 0 unspecified atom stereocenters. The molecule has 1 aromatic heterocycles. The summed E-state index contributed by atoms with van der Waals surface area (Å²) in [4.78, 5) is 13.2. The molecule has 0 atom stereocenters. The number of carbonyl (C=O) groups is 1. The van der Waals surface area contributed by atoms with Crippen LogP contribution in [0.4, 0.5) is 0 Å². The van der Waals surface area contributed by atoms with E-state index in [-0.39, 0.29) is 6.61 Å². The molecular formula is C5H5NO3. The highest BCUT2D eigenvalue weighted by Gasteiger charge is 1.92. The zero-order chi connectivity index (χ0) is 6.53. The fraction of sp³-hybridized carbons (Fsp3) is 0.200. The van der Waals surface area contributed by atoms with Gasteiger partial charge in [0.15, 0.2) is 18.8 Å². The number of oxazole rings is 1. The Morgan fingerprint density at radius 3 is 3.33 bits per heavy atom. The molecule has 0 saturated carbocycles. The summed E-state index contributed by atoms with van der Waals surface area (Å²) in [7, 11) is 0. The molecule has 4 nitrogen and oxygen atoms in total. The Morgan fingerprint density at radius 1 is 1.89 bits per heavy atom. The van der Waals surface area contributed by atoms with Crippen LogP contribution < -0.4 is 0 Å². The van der Waals surface area contributed by atoms with E-state index in [4.69, 9.17) is 4.42 Å². The summed E-state index contributed by atoms with van der Waals surface area (Å²) in [5.74, 6) is 0.544. The zero-order valence-electron chi connectivity index (χ0n) is 4.61. The molecule has 0 radical (unpaired) electrons. The minimum Gasteiger partial charge on any atom is -0.460 e. The lowest BCUT2D eigenvalue weighted by atomic mass is 10.6. The molecule has 0 N–H and O–H groups in total. The minimum absolute atomic E-state index is 0.156. The summed E-state index contributed by atoms with van der Waals surface area (Å²) >= 11 is 0. The second-order valence-electron chi connectivity index (χ2n) is 1.37. The molecule has 0 fully saturated rings. The van der Waals surface area contributed by atoms with Crippen LogP contribution in [0.2, 0.25) is 0 Å². The maximum atomic E-state index is 9.62. The largest absolute Gasteiger partial charge is 0.460 e. The molecule has 1 heterocycles. The van der Waals surface area contributed by atoms with E-state index in [9.17, 15) is 4.79 Å². The highest BCUT2D eigenvalue weighted by molar-refractivity contribution is 5.36. The molecule has 0 saturated heterocycles. The second-order valence-corrected chi connectivity index (χ2v) is 1.37. The summed E-state index contributed by atoms with van der Waals surface area (Å²) in [5.41, 5.74) is 0. The third kappa shape index (κ3) is 1.56. The van der Waals surface area contributed by atoms with Crippen molar-refractivity contribution in [2.45, 2.75) is 6.61 Å². The monoisotopic (exact) mass is 127 g/mol. The quantitative estimate of drug-likeness (QED) is 0.549. The Bertz CT molecular complexity index is 170. The Labute approximate surface area is 51.5 Å². The second kappa shape index (κ2) is 2.86. The van der Waals surface area contributed by atoms with Gasteiger partial charge in [0.2, 0.25) is 0 Å². The van der Waals surface area contributed by atoms with Gasteiger partial charge in [0, 0.05) is 0 Å². The van der Waals surface area contributed by atoms with Crippen LogP contribution in [-0.2, 0) is 16.1 Å². The number of ether oxygens (including phenoxy) is 1. The fourth-order valence-corrected chi connectivity index (χ4v) is 0.430. The summed E-state index contributed by atoms with van der Waals surface area (Å²) in [5, 5.41) is 0. The number of hydrogen-bond donors (Lipinski definition) is 0. The van der Waals surface area contributed by atoms with Gasteiger partial charge in [0.25, 0.3) is 6.47 Å². The van der Waals surface area contributed by atoms with Gasteiger partial charge >= 0.3 is 0 Å². The summed E-state index contributed by atoms with van der Waals surface area (Å²) in [6.45, 7) is 0.520. The zero-order valence-corrected chi connectivity index (χ0v) is 4.61. The van der Waals surface area contributed by atoms with Gasteiger partial charge in [-0.15, -0.1) is 0 Å². The Morgan fingerprint density at radius 2 is 2.78 bits per heavy atom. The van der Waals surface area contributed by atoms with Gasteiger partial charge in [-0.05, 0) is 0 Å². The van der Waals surface area contributed by atoms with Crippen molar-refractivity contribution in [1.82, 2.24) is 4.98 Å². The summed E-state index contributed by atoms with van der Waals surface area (Å²) in [6, 6.07) is 0. The molecule has 0 aliphatic heterocycles. The highest BCUT2D eigenvalue weighted by atomic mass is 16.5. The molecule has 0 aliphatic carbocycles. The molecule has 0 aliphatic rings. The van der Waals surface area contributed by atoms with Crippen molar-refractivity contribution in [1.29, 1.82) is 0 Å². The molecule has 0 spiro atoms. The van der Waals surface area contributed by atoms with Crippen molar-refractivity contribution in [3.05, 3.63) is 18.4 Å². The Kier molecular flexibility index (Phi) is 1.85. The lowest BCUT2D eigenvalue weighted by molar-refractivity contribution is -0.130. The van der Waals surface area contributed by atoms with Gasteiger partial charge in [-0.3, -0.25) is 4.79 Å². The van der Waals surface area contributed by atoms with Crippen molar-refractivity contribution in [2.24, 2.45) is 0 Å². The third-order valence-corrected chi connectivity index (χ3v) is 0.777. The van der Waals surface area contributed by atoms with Crippen LogP contribution in [0.1, 0.15) is 5.76 Å². The minimum atomic E-state index is 0.156. The summed E-state index contributed by atoms with van der Waals surface area (Å²) < 4.78 is 9.10. The molecule has 0 bridgehead atoms. The van der Waals surface area contributed by atoms with Crippen LogP contribution in [0.5, 0.6) is 0 Å². The molecule has 1 aromatic rings. The van der Waals surface area contributed by atoms with E-state index >= 15 is 0 Å². The van der Waals surface area contributed by atoms with Crippen LogP contribution in [0.25, 0.3) is 0 Å². The first-order chi connectivity index (χ1) is 4.43. The Hall–Kier alpha value is -1.32. The van der Waals surface area contributed by atoms with E-state index in [0.29, 0.717) is 12.2 Å². The maximum absolute atomic E-state index is 9.62. The average molecular weight is 127 g/mol. The number of aromatic nitrogens is 1. The molecular weight excluding hydrogens is 122 g/mol. The lowest BCUT2D eigenvalue weighted by Gasteiger charge is -1.88. The first-order valence-corrected chi connectivity index (χ1v) is 2.36. The van der Waals surface area contributed by atoms with Gasteiger partial charge in [-0.1, -0.05) is 0 Å². The summed E-state index contributed by atoms with van der Waals surface area (Å²) in [6.07, 6.45) is 2.77. The van der Waals surface area contributed by atoms with E-state index in [1.165, 1.54) is 12.6 Å². The maximum Gasteiger partial charge on any atom is 0.293 e. The SMILES string of the molecule is O=COCc1cnco1. The van der Waals surface area contributed by atoms with Crippen molar-refractivity contribution in [3.8, 4) is 0 Å². The number of carbonyl (C=O) groups excluding carboxylic acids is 1. The number of hydrogen-bond acceptors (Lipinski definition) is 4. The van der Waals surface area contributed by atoms with Crippen molar-refractivity contribution < 1.29 is 13.9 Å². The van der Waals surface area contributed by atoms with Crippen molar-refractivity contribution in [3.63, 3.8) is 0 Å². The van der Waals surface area contributed by atoms with Gasteiger partial charge < -0.3 is 9.15 Å². The van der Waals surface area contributed by atoms with E-state index in [2.05, 4.69) is 9.72 Å². The molecule has 1 rings (SSSR count). The van der Waals surface area contributed by atoms with Gasteiger partial charge in [0.05, 0.1) is 6.20 Å². The van der Waals surface area contributed by atoms with Gasteiger partial charge in [-0.25, -0.2) is 4.98 Å².